The number of pyridine rings is 1. The number of carbonyl (C=O) groups excluding carboxylic acids is 2. The molecule has 0 aliphatic carbocycles. The van der Waals surface area contributed by atoms with Crippen LogP contribution in [-0.2, 0) is 16.1 Å². The minimum absolute atomic E-state index is 0.0357. The Morgan fingerprint density at radius 1 is 1.35 bits per heavy atom. The summed E-state index contributed by atoms with van der Waals surface area (Å²) in [7, 11) is 0. The van der Waals surface area contributed by atoms with Crippen LogP contribution in [0.15, 0.2) is 42.6 Å². The van der Waals surface area contributed by atoms with Crippen molar-refractivity contribution in [2.75, 3.05) is 5.32 Å². The Bertz CT molecular complexity index is 731. The summed E-state index contributed by atoms with van der Waals surface area (Å²) in [5, 5.41) is 5.51. The molecule has 0 fully saturated rings. The van der Waals surface area contributed by atoms with Crippen molar-refractivity contribution in [2.45, 2.75) is 26.0 Å². The molecular weight excluding hydrogens is 294 g/mol. The highest BCUT2D eigenvalue weighted by Gasteiger charge is 2.29. The number of fused-ring (bicyclic) bond motifs is 1. The van der Waals surface area contributed by atoms with Gasteiger partial charge in [-0.25, -0.2) is 0 Å². The van der Waals surface area contributed by atoms with Crippen LogP contribution in [0, 0.1) is 6.92 Å². The number of benzene rings is 1. The van der Waals surface area contributed by atoms with E-state index in [1.807, 2.05) is 37.3 Å². The maximum Gasteiger partial charge on any atom is 0.266 e. The van der Waals surface area contributed by atoms with Crippen LogP contribution in [0.2, 0.25) is 0 Å². The smallest absolute Gasteiger partial charge is 0.266 e. The fraction of sp³-hybridized carbons (Fsp3) is 0.235. The largest absolute Gasteiger partial charge is 0.478 e. The summed E-state index contributed by atoms with van der Waals surface area (Å²) in [5.41, 5.74) is 2.43. The summed E-state index contributed by atoms with van der Waals surface area (Å²) < 4.78 is 5.63. The van der Waals surface area contributed by atoms with Gasteiger partial charge in [-0.2, -0.15) is 0 Å². The molecule has 2 aromatic rings. The van der Waals surface area contributed by atoms with Crippen molar-refractivity contribution in [3.05, 3.63) is 53.9 Å². The Balaban J connectivity index is 1.58. The molecule has 2 heterocycles. The van der Waals surface area contributed by atoms with Crippen LogP contribution in [0.3, 0.4) is 0 Å². The average molecular weight is 311 g/mol. The molecule has 23 heavy (non-hydrogen) atoms. The van der Waals surface area contributed by atoms with E-state index in [9.17, 15) is 9.59 Å². The van der Waals surface area contributed by atoms with Crippen LogP contribution in [0.1, 0.15) is 17.7 Å². The number of amides is 2. The van der Waals surface area contributed by atoms with Gasteiger partial charge in [0, 0.05) is 6.20 Å². The third-order valence-electron chi connectivity index (χ3n) is 3.52. The number of aromatic nitrogens is 1. The Hall–Kier alpha value is -2.89. The quantitative estimate of drug-likeness (QED) is 0.902. The van der Waals surface area contributed by atoms with Gasteiger partial charge in [-0.15, -0.1) is 0 Å². The normalized spacial score (nSPS) is 16.0. The monoisotopic (exact) mass is 311 g/mol. The van der Waals surface area contributed by atoms with E-state index in [0.29, 0.717) is 18.0 Å². The Labute approximate surface area is 133 Å². The molecule has 0 saturated carbocycles. The minimum Gasteiger partial charge on any atom is -0.478 e. The second kappa shape index (κ2) is 6.48. The zero-order chi connectivity index (χ0) is 16.2. The van der Waals surface area contributed by atoms with Crippen LogP contribution in [-0.4, -0.2) is 22.9 Å². The molecule has 1 aliphatic rings. The molecule has 2 amide bonds. The minimum atomic E-state index is -0.825. The van der Waals surface area contributed by atoms with Gasteiger partial charge in [0.15, 0.2) is 6.10 Å². The lowest BCUT2D eigenvalue weighted by Gasteiger charge is -2.25. The lowest BCUT2D eigenvalue weighted by atomic mass is 10.1. The molecule has 1 aromatic heterocycles. The van der Waals surface area contributed by atoms with E-state index in [4.69, 9.17) is 4.74 Å². The predicted molar refractivity (Wildman–Crippen MR) is 84.9 cm³/mol. The first kappa shape index (κ1) is 15.0. The van der Waals surface area contributed by atoms with Crippen molar-refractivity contribution in [1.82, 2.24) is 10.3 Å². The third-order valence-corrected chi connectivity index (χ3v) is 3.52. The maximum absolute atomic E-state index is 12.0. The molecule has 0 saturated heterocycles. The van der Waals surface area contributed by atoms with E-state index in [1.165, 1.54) is 0 Å². The molecule has 2 N–H and O–H groups in total. The summed E-state index contributed by atoms with van der Waals surface area (Å²) in [4.78, 5) is 28.2. The molecule has 6 nitrogen and oxygen atoms in total. The number of hydrogen-bond acceptors (Lipinski definition) is 4. The third kappa shape index (κ3) is 3.66. The number of nitrogens with one attached hydrogen (secondary N) is 2. The van der Waals surface area contributed by atoms with Gasteiger partial charge in [0.25, 0.3) is 5.91 Å². The number of ether oxygens (including phenoxy) is 1. The fourth-order valence-electron chi connectivity index (χ4n) is 2.33. The second-order valence-corrected chi connectivity index (χ2v) is 5.40. The van der Waals surface area contributed by atoms with Crippen molar-refractivity contribution < 1.29 is 14.3 Å². The van der Waals surface area contributed by atoms with E-state index >= 15 is 0 Å². The maximum atomic E-state index is 12.0. The summed E-state index contributed by atoms with van der Waals surface area (Å²) >= 11 is 0. The first-order valence-electron chi connectivity index (χ1n) is 7.36. The summed E-state index contributed by atoms with van der Waals surface area (Å²) in [6, 6.07) is 11.0. The van der Waals surface area contributed by atoms with Crippen LogP contribution in [0.25, 0.3) is 0 Å². The van der Waals surface area contributed by atoms with Gasteiger partial charge in [0.05, 0.1) is 24.3 Å². The predicted octanol–water partition coefficient (Wildman–Crippen LogP) is 1.80. The van der Waals surface area contributed by atoms with E-state index in [-0.39, 0.29) is 18.2 Å². The molecule has 1 atom stereocenters. The SMILES string of the molecule is Cc1ccc2c(c1)NC(=O)C(CC(=O)NCc1ccccn1)O2. The summed E-state index contributed by atoms with van der Waals surface area (Å²) in [6.45, 7) is 2.26. The van der Waals surface area contributed by atoms with Gasteiger partial charge >= 0.3 is 0 Å². The molecule has 1 unspecified atom stereocenters. The van der Waals surface area contributed by atoms with Crippen molar-refractivity contribution in [3.63, 3.8) is 0 Å². The Morgan fingerprint density at radius 2 is 2.22 bits per heavy atom. The standard InChI is InChI=1S/C17H17N3O3/c1-11-5-6-14-13(8-11)20-17(22)15(23-14)9-16(21)19-10-12-4-2-3-7-18-12/h2-8,15H,9-10H2,1H3,(H,19,21)(H,20,22). The van der Waals surface area contributed by atoms with Crippen molar-refractivity contribution in [3.8, 4) is 5.75 Å². The van der Waals surface area contributed by atoms with Gasteiger partial charge in [-0.05, 0) is 36.8 Å². The number of rotatable bonds is 4. The Morgan fingerprint density at radius 3 is 3.00 bits per heavy atom. The molecule has 0 spiro atoms. The van der Waals surface area contributed by atoms with Gasteiger partial charge in [0.2, 0.25) is 5.91 Å². The first-order valence-corrected chi connectivity index (χ1v) is 7.36. The average Bonchev–Trinajstić information content (AvgIpc) is 2.55. The number of carbonyl (C=O) groups is 2. The number of anilines is 1. The molecular formula is C17H17N3O3. The van der Waals surface area contributed by atoms with Gasteiger partial charge in [-0.3, -0.25) is 14.6 Å². The van der Waals surface area contributed by atoms with E-state index in [2.05, 4.69) is 15.6 Å². The highest BCUT2D eigenvalue weighted by molar-refractivity contribution is 6.00. The van der Waals surface area contributed by atoms with Gasteiger partial charge in [-0.1, -0.05) is 12.1 Å². The van der Waals surface area contributed by atoms with E-state index < -0.39 is 6.10 Å². The van der Waals surface area contributed by atoms with Crippen molar-refractivity contribution in [2.24, 2.45) is 0 Å². The molecule has 0 radical (unpaired) electrons. The molecule has 1 aromatic carbocycles. The summed E-state index contributed by atoms with van der Waals surface area (Å²) in [6.07, 6.45) is 0.804. The molecule has 3 rings (SSSR count). The van der Waals surface area contributed by atoms with Crippen LogP contribution in [0.4, 0.5) is 5.69 Å². The van der Waals surface area contributed by atoms with Crippen LogP contribution >= 0.6 is 0 Å². The van der Waals surface area contributed by atoms with Crippen LogP contribution in [0.5, 0.6) is 5.75 Å². The Kier molecular flexibility index (Phi) is 4.23. The molecule has 118 valence electrons. The molecule has 0 bridgehead atoms. The molecule has 1 aliphatic heterocycles. The molecule has 6 heteroatoms. The zero-order valence-corrected chi connectivity index (χ0v) is 12.7. The highest BCUT2D eigenvalue weighted by Crippen LogP contribution is 2.30. The topological polar surface area (TPSA) is 80.3 Å². The lowest BCUT2D eigenvalue weighted by Crippen LogP contribution is -2.41. The lowest BCUT2D eigenvalue weighted by molar-refractivity contribution is -0.130. The fourth-order valence-corrected chi connectivity index (χ4v) is 2.33. The van der Waals surface area contributed by atoms with E-state index in [0.717, 1.165) is 11.3 Å². The summed E-state index contributed by atoms with van der Waals surface area (Å²) in [5.74, 6) is 0.0141. The number of aryl methyl sites for hydroxylation is 1. The zero-order valence-electron chi connectivity index (χ0n) is 12.7. The number of nitrogens with zero attached hydrogens (tertiary/aromatic N) is 1. The number of hydrogen-bond donors (Lipinski definition) is 2. The highest BCUT2D eigenvalue weighted by atomic mass is 16.5. The second-order valence-electron chi connectivity index (χ2n) is 5.40. The van der Waals surface area contributed by atoms with Crippen LogP contribution < -0.4 is 15.4 Å². The first-order chi connectivity index (χ1) is 11.1. The van der Waals surface area contributed by atoms with Gasteiger partial charge in [0.1, 0.15) is 5.75 Å². The van der Waals surface area contributed by atoms with Gasteiger partial charge < -0.3 is 15.4 Å². The van der Waals surface area contributed by atoms with Crippen molar-refractivity contribution >= 4 is 17.5 Å². The van der Waals surface area contributed by atoms with Crippen molar-refractivity contribution in [1.29, 1.82) is 0 Å². The van der Waals surface area contributed by atoms with E-state index in [1.54, 1.807) is 12.3 Å².